The number of hydrogen-bond donors (Lipinski definition) is 0. The molecule has 0 unspecified atom stereocenters. The zero-order chi connectivity index (χ0) is 17.2. The van der Waals surface area contributed by atoms with E-state index in [0.717, 1.165) is 21.9 Å². The number of ether oxygens (including phenoxy) is 1. The zero-order valence-electron chi connectivity index (χ0n) is 13.1. The van der Waals surface area contributed by atoms with Crippen LogP contribution < -0.4 is 0 Å². The van der Waals surface area contributed by atoms with Gasteiger partial charge in [0, 0.05) is 5.56 Å². The third kappa shape index (κ3) is 2.91. The highest BCUT2D eigenvalue weighted by Gasteiger charge is 2.24. The van der Waals surface area contributed by atoms with E-state index in [9.17, 15) is 4.79 Å². The Morgan fingerprint density at radius 3 is 2.48 bits per heavy atom. The molecule has 0 aromatic heterocycles. The molecule has 3 aromatic rings. The van der Waals surface area contributed by atoms with Crippen molar-refractivity contribution in [3.05, 3.63) is 89.1 Å². The molecule has 4 heteroatoms. The van der Waals surface area contributed by atoms with Gasteiger partial charge in [0.25, 0.3) is 0 Å². The highest BCUT2D eigenvalue weighted by molar-refractivity contribution is 6.13. The molecule has 0 saturated carbocycles. The second-order valence-corrected chi connectivity index (χ2v) is 5.63. The number of aliphatic imine (C=N–C) groups is 1. The third-order valence-corrected chi connectivity index (χ3v) is 3.96. The van der Waals surface area contributed by atoms with Gasteiger partial charge in [-0.25, -0.2) is 9.79 Å². The summed E-state index contributed by atoms with van der Waals surface area (Å²) < 4.78 is 5.32. The van der Waals surface area contributed by atoms with Crippen LogP contribution in [0.25, 0.3) is 16.8 Å². The number of carbonyl (C=O) groups is 1. The predicted molar refractivity (Wildman–Crippen MR) is 95.7 cm³/mol. The van der Waals surface area contributed by atoms with Crippen molar-refractivity contribution < 1.29 is 9.53 Å². The lowest BCUT2D eigenvalue weighted by atomic mass is 10.1. The van der Waals surface area contributed by atoms with Crippen molar-refractivity contribution in [2.45, 2.75) is 0 Å². The van der Waals surface area contributed by atoms with Gasteiger partial charge >= 0.3 is 5.97 Å². The minimum absolute atomic E-state index is 0.243. The lowest BCUT2D eigenvalue weighted by Gasteiger charge is -2.02. The molecule has 0 amide bonds. The number of carbonyl (C=O) groups excluding carboxylic acids is 1. The van der Waals surface area contributed by atoms with Crippen LogP contribution in [0, 0.1) is 11.3 Å². The molecule has 1 aliphatic rings. The molecule has 0 bridgehead atoms. The summed E-state index contributed by atoms with van der Waals surface area (Å²) in [6.45, 7) is 0. The molecule has 0 saturated heterocycles. The molecule has 4 rings (SSSR count). The molecule has 1 heterocycles. The Morgan fingerprint density at radius 2 is 1.72 bits per heavy atom. The summed E-state index contributed by atoms with van der Waals surface area (Å²) in [5, 5.41) is 11.0. The van der Waals surface area contributed by atoms with Crippen molar-refractivity contribution in [3.63, 3.8) is 0 Å². The molecule has 3 aromatic carbocycles. The van der Waals surface area contributed by atoms with Crippen LogP contribution in [0.5, 0.6) is 0 Å². The van der Waals surface area contributed by atoms with E-state index >= 15 is 0 Å². The van der Waals surface area contributed by atoms with Gasteiger partial charge in [0.2, 0.25) is 5.90 Å². The quantitative estimate of drug-likeness (QED) is 0.527. The van der Waals surface area contributed by atoms with Gasteiger partial charge in [0.1, 0.15) is 0 Å². The van der Waals surface area contributed by atoms with Gasteiger partial charge in [-0.05, 0) is 46.7 Å². The molecule has 0 radical (unpaired) electrons. The number of fused-ring (bicyclic) bond motifs is 1. The molecule has 0 N–H and O–H groups in total. The molecule has 0 atom stereocenters. The molecule has 25 heavy (non-hydrogen) atoms. The predicted octanol–water partition coefficient (Wildman–Crippen LogP) is 4.06. The first-order chi connectivity index (χ1) is 12.2. The Hall–Kier alpha value is -3.71. The van der Waals surface area contributed by atoms with Gasteiger partial charge < -0.3 is 4.74 Å². The van der Waals surface area contributed by atoms with Gasteiger partial charge in [-0.15, -0.1) is 0 Å². The van der Waals surface area contributed by atoms with Crippen LogP contribution >= 0.6 is 0 Å². The Balaban J connectivity index is 1.68. The van der Waals surface area contributed by atoms with E-state index in [1.165, 1.54) is 0 Å². The maximum atomic E-state index is 12.1. The van der Waals surface area contributed by atoms with Gasteiger partial charge in [0.05, 0.1) is 11.6 Å². The normalized spacial score (nSPS) is 15.1. The third-order valence-electron chi connectivity index (χ3n) is 3.96. The van der Waals surface area contributed by atoms with Crippen molar-refractivity contribution in [2.75, 3.05) is 0 Å². The fourth-order valence-corrected chi connectivity index (χ4v) is 2.67. The second kappa shape index (κ2) is 6.06. The van der Waals surface area contributed by atoms with Crippen molar-refractivity contribution in [1.82, 2.24) is 0 Å². The van der Waals surface area contributed by atoms with Crippen molar-refractivity contribution >= 4 is 28.7 Å². The fourth-order valence-electron chi connectivity index (χ4n) is 2.67. The minimum atomic E-state index is -0.479. The summed E-state index contributed by atoms with van der Waals surface area (Å²) in [7, 11) is 0. The van der Waals surface area contributed by atoms with Crippen LogP contribution in [0.1, 0.15) is 16.7 Å². The SMILES string of the molecule is N#Cc1ccc(/C=C2\N=C(c3ccc4ccccc4c3)OC2=O)cc1. The molecule has 118 valence electrons. The Kier molecular flexibility index (Phi) is 3.60. The lowest BCUT2D eigenvalue weighted by Crippen LogP contribution is -2.05. The summed E-state index contributed by atoms with van der Waals surface area (Å²) in [4.78, 5) is 16.4. The van der Waals surface area contributed by atoms with Crippen molar-refractivity contribution in [3.8, 4) is 6.07 Å². The maximum Gasteiger partial charge on any atom is 0.363 e. The first kappa shape index (κ1) is 14.9. The second-order valence-electron chi connectivity index (χ2n) is 5.63. The van der Waals surface area contributed by atoms with E-state index in [0.29, 0.717) is 11.5 Å². The molecule has 0 aliphatic carbocycles. The topological polar surface area (TPSA) is 62.4 Å². The average molecular weight is 324 g/mol. The molecular formula is C21H12N2O2. The van der Waals surface area contributed by atoms with Crippen LogP contribution in [0.4, 0.5) is 0 Å². The standard InChI is InChI=1S/C21H12N2O2/c22-13-15-7-5-14(6-8-15)11-19-21(24)25-20(23-19)18-10-9-16-3-1-2-4-17(16)12-18/h1-12H/b19-11-. The van der Waals surface area contributed by atoms with Gasteiger partial charge in [-0.2, -0.15) is 5.26 Å². The summed E-state index contributed by atoms with van der Waals surface area (Å²) in [5.74, 6) is -0.178. The van der Waals surface area contributed by atoms with E-state index in [1.807, 2.05) is 42.5 Å². The summed E-state index contributed by atoms with van der Waals surface area (Å²) in [6.07, 6.45) is 1.65. The number of cyclic esters (lactones) is 1. The van der Waals surface area contributed by atoms with Crippen LogP contribution in [-0.4, -0.2) is 11.9 Å². The lowest BCUT2D eigenvalue weighted by molar-refractivity contribution is -0.129. The van der Waals surface area contributed by atoms with Crippen molar-refractivity contribution in [1.29, 1.82) is 5.26 Å². The van der Waals surface area contributed by atoms with E-state index in [2.05, 4.69) is 11.1 Å². The molecule has 0 fully saturated rings. The summed E-state index contributed by atoms with van der Waals surface area (Å²) in [6, 6.07) is 22.8. The van der Waals surface area contributed by atoms with Crippen LogP contribution in [-0.2, 0) is 9.53 Å². The van der Waals surface area contributed by atoms with Crippen LogP contribution in [0.3, 0.4) is 0 Å². The molecular weight excluding hydrogens is 312 g/mol. The maximum absolute atomic E-state index is 12.1. The molecule has 1 aliphatic heterocycles. The van der Waals surface area contributed by atoms with E-state index in [4.69, 9.17) is 10.00 Å². The number of hydrogen-bond acceptors (Lipinski definition) is 4. The van der Waals surface area contributed by atoms with Gasteiger partial charge in [-0.3, -0.25) is 0 Å². The Bertz CT molecular complexity index is 1090. The van der Waals surface area contributed by atoms with Crippen LogP contribution in [0.15, 0.2) is 77.4 Å². The highest BCUT2D eigenvalue weighted by Crippen LogP contribution is 2.22. The number of benzene rings is 3. The molecule has 4 nitrogen and oxygen atoms in total. The largest absolute Gasteiger partial charge is 0.402 e. The highest BCUT2D eigenvalue weighted by atomic mass is 16.6. The fraction of sp³-hybridized carbons (Fsp3) is 0. The summed E-state index contributed by atoms with van der Waals surface area (Å²) >= 11 is 0. The van der Waals surface area contributed by atoms with Gasteiger partial charge in [-0.1, -0.05) is 42.5 Å². The van der Waals surface area contributed by atoms with Gasteiger partial charge in [0.15, 0.2) is 5.70 Å². The average Bonchev–Trinajstić information content (AvgIpc) is 3.02. The smallest absolute Gasteiger partial charge is 0.363 e. The van der Waals surface area contributed by atoms with E-state index < -0.39 is 5.97 Å². The first-order valence-electron chi connectivity index (χ1n) is 7.75. The Morgan fingerprint density at radius 1 is 0.960 bits per heavy atom. The Labute approximate surface area is 144 Å². The number of esters is 1. The zero-order valence-corrected chi connectivity index (χ0v) is 13.1. The number of nitrogens with zero attached hydrogens (tertiary/aromatic N) is 2. The summed E-state index contributed by atoms with van der Waals surface area (Å²) in [5.41, 5.74) is 2.36. The number of rotatable bonds is 2. The van der Waals surface area contributed by atoms with E-state index in [-0.39, 0.29) is 5.70 Å². The minimum Gasteiger partial charge on any atom is -0.402 e. The van der Waals surface area contributed by atoms with Crippen molar-refractivity contribution in [2.24, 2.45) is 4.99 Å². The van der Waals surface area contributed by atoms with E-state index in [1.54, 1.807) is 30.3 Å². The number of nitriles is 1. The molecule has 0 spiro atoms. The monoisotopic (exact) mass is 324 g/mol. The first-order valence-corrected chi connectivity index (χ1v) is 7.75. The van der Waals surface area contributed by atoms with Crippen LogP contribution in [0.2, 0.25) is 0 Å².